The summed E-state index contributed by atoms with van der Waals surface area (Å²) < 4.78 is 86.8. The van der Waals surface area contributed by atoms with Gasteiger partial charge in [-0.1, -0.05) is 85.6 Å². The van der Waals surface area contributed by atoms with Crippen LogP contribution in [0.4, 0.5) is 18.9 Å². The number of halogens is 5. The maximum absolute atomic E-state index is 16.2. The molecule has 36 nitrogen and oxygen atoms in total. The summed E-state index contributed by atoms with van der Waals surface area (Å²) in [6.07, 6.45) is -24.0. The summed E-state index contributed by atoms with van der Waals surface area (Å²) in [4.78, 5) is 122. The number of aliphatic hydroxyl groups excluding tert-OH is 6. The summed E-state index contributed by atoms with van der Waals surface area (Å²) in [7, 11) is 1.46. The van der Waals surface area contributed by atoms with Crippen molar-refractivity contribution in [2.24, 2.45) is 11.7 Å². The number of ether oxygens (including phenoxy) is 7. The highest BCUT2D eigenvalue weighted by Gasteiger charge is 2.53. The Morgan fingerprint density at radius 3 is 1.99 bits per heavy atom. The van der Waals surface area contributed by atoms with E-state index in [1.165, 1.54) is 32.2 Å². The lowest BCUT2D eigenvalue weighted by Crippen LogP contribution is -2.65. The van der Waals surface area contributed by atoms with E-state index in [4.69, 9.17) is 62.1 Å². The Labute approximate surface area is 725 Å². The molecule has 7 amide bonds. The zero-order chi connectivity index (χ0) is 90.8. The van der Waals surface area contributed by atoms with E-state index < -0.39 is 254 Å². The molecule has 41 heteroatoms. The van der Waals surface area contributed by atoms with Crippen LogP contribution in [0.15, 0.2) is 133 Å². The number of carbonyl (C=O) groups is 8. The smallest absolute Gasteiger partial charge is 0.433 e. The van der Waals surface area contributed by atoms with Gasteiger partial charge in [0.25, 0.3) is 0 Å². The van der Waals surface area contributed by atoms with E-state index in [0.717, 1.165) is 72.8 Å². The van der Waals surface area contributed by atoms with Crippen LogP contribution in [-0.2, 0) is 65.3 Å². The third-order valence-electron chi connectivity index (χ3n) is 22.0. The molecule has 10 unspecified atom stereocenters. The van der Waals surface area contributed by atoms with Crippen molar-refractivity contribution in [3.8, 4) is 62.9 Å². The van der Waals surface area contributed by atoms with Gasteiger partial charge in [-0.2, -0.15) is 13.2 Å². The highest BCUT2D eigenvalue weighted by Crippen LogP contribution is 2.50. The number of nitrogens with two attached hydrogens (primary N) is 1. The van der Waals surface area contributed by atoms with E-state index in [1.54, 1.807) is 49.4 Å². The Balaban J connectivity index is 0.911. The summed E-state index contributed by atoms with van der Waals surface area (Å²) in [5.41, 5.74) is 1.39. The van der Waals surface area contributed by atoms with Crippen LogP contribution in [0, 0.1) is 5.92 Å². The summed E-state index contributed by atoms with van der Waals surface area (Å²) in [5.74, 6) is -16.0. The number of nitrogens with one attached hydrogen (secondary N) is 9. The molecule has 126 heavy (non-hydrogen) atoms. The van der Waals surface area contributed by atoms with Gasteiger partial charge in [-0.05, 0) is 140 Å². The van der Waals surface area contributed by atoms with E-state index in [1.807, 2.05) is 13.8 Å². The monoisotopic (exact) mass is 1790 g/mol. The third kappa shape index (κ3) is 20.1. The number of aliphatic carboxylic acids is 1. The lowest BCUT2D eigenvalue weighted by Gasteiger charge is -2.48. The number of phenols is 3. The Hall–Kier alpha value is -12.0. The van der Waals surface area contributed by atoms with Gasteiger partial charge in [0.05, 0.1) is 46.8 Å². The molecule has 0 spiro atoms. The summed E-state index contributed by atoms with van der Waals surface area (Å²) in [5, 5.41) is 140. The van der Waals surface area contributed by atoms with Crippen molar-refractivity contribution in [3.63, 3.8) is 0 Å². The minimum Gasteiger partial charge on any atom is -0.508 e. The first kappa shape index (κ1) is 91.7. The Bertz CT molecular complexity index is 5490. The largest absolute Gasteiger partial charge is 0.508 e. The number of aromatic nitrogens is 1. The number of para-hydroxylation sites is 1. The van der Waals surface area contributed by atoms with E-state index in [9.17, 15) is 88.2 Å². The number of carbonyl (C=O) groups excluding carboxylic acids is 7. The topological polar surface area (TPSA) is 551 Å². The minimum atomic E-state index is -4.70. The van der Waals surface area contributed by atoms with E-state index in [2.05, 4.69) is 52.8 Å². The normalized spacial score (nSPS) is 26.0. The minimum absolute atomic E-state index is 0.0311. The van der Waals surface area contributed by atoms with E-state index >= 15 is 14.4 Å². The fourth-order valence-electron chi connectivity index (χ4n) is 15.5. The number of likely N-dealkylation sites (N-methyl/N-ethyl adjacent to an activating group) is 1. The van der Waals surface area contributed by atoms with Crippen LogP contribution in [0.3, 0.4) is 0 Å². The molecule has 0 aliphatic carbocycles. The third-order valence-corrected chi connectivity index (χ3v) is 22.6. The number of aromatic hydroxyl groups is 3. The number of rotatable bonds is 21. The van der Waals surface area contributed by atoms with E-state index in [0.29, 0.717) is 16.7 Å². The average molecular weight is 1790 g/mol. The van der Waals surface area contributed by atoms with Crippen LogP contribution < -0.4 is 72.5 Å². The number of primary amides is 1. The van der Waals surface area contributed by atoms with Crippen molar-refractivity contribution in [1.82, 2.24) is 47.5 Å². The van der Waals surface area contributed by atoms with Crippen LogP contribution in [0.1, 0.15) is 116 Å². The molecule has 2 saturated heterocycles. The number of carboxylic acid groups (broad SMARTS) is 1. The Morgan fingerprint density at radius 2 is 1.36 bits per heavy atom. The Morgan fingerprint density at radius 1 is 0.714 bits per heavy atom. The van der Waals surface area contributed by atoms with Crippen LogP contribution in [0.25, 0.3) is 22.0 Å². The zero-order valence-electron chi connectivity index (χ0n) is 67.6. The van der Waals surface area contributed by atoms with Gasteiger partial charge in [0, 0.05) is 58.9 Å². The average Bonchev–Trinajstić information content (AvgIpc) is 0.772. The summed E-state index contributed by atoms with van der Waals surface area (Å²) in [6.45, 7) is 5.98. The molecule has 7 aliphatic rings. The summed E-state index contributed by atoms with van der Waals surface area (Å²) in [6, 6.07) is 13.0. The van der Waals surface area contributed by atoms with Crippen molar-refractivity contribution in [1.29, 1.82) is 0 Å². The number of phenolic OH excluding ortho intramolecular Hbond substituents is 3. The number of amides is 7. The van der Waals surface area contributed by atoms with Gasteiger partial charge in [-0.3, -0.25) is 33.6 Å². The number of alkyl halides is 3. The van der Waals surface area contributed by atoms with Gasteiger partial charge >= 0.3 is 12.1 Å². The number of pyridine rings is 1. The second-order valence-corrected chi connectivity index (χ2v) is 32.3. The predicted octanol–water partition coefficient (Wildman–Crippen LogP) is 5.00. The van der Waals surface area contributed by atoms with Gasteiger partial charge in [-0.15, -0.1) is 0 Å². The van der Waals surface area contributed by atoms with Crippen molar-refractivity contribution >= 4 is 87.1 Å². The first-order chi connectivity index (χ1) is 59.8. The first-order valence-electron chi connectivity index (χ1n) is 39.6. The highest BCUT2D eigenvalue weighted by molar-refractivity contribution is 6.32. The van der Waals surface area contributed by atoms with Crippen molar-refractivity contribution < 1.29 is 136 Å². The molecule has 7 aromatic carbocycles. The molecule has 11 bridgehead atoms. The van der Waals surface area contributed by atoms with Crippen molar-refractivity contribution in [2.45, 2.75) is 169 Å². The fourth-order valence-corrected chi connectivity index (χ4v) is 15.9. The molecule has 8 aromatic rings. The number of anilines is 1. The van der Waals surface area contributed by atoms with Gasteiger partial charge in [-0.25, -0.2) is 9.78 Å². The SMILES string of the molecule is CN[C@H](CC(C)C)C(=O)N[C@H]1C(=O)N[C@@H](CC(N)=O)C(=O)N[C@H]2C(=O)N[C@H]3C(=O)N[C@H](C(=O)NC(C(=O)O)c4cc(O)cc(O)c4-c4cc3ccc4O)[C@H](O)c3ccc(c(Cl)c3)Oc3cc2cc(c3OC2OC(CO)C(O)C(O)C2OC2CC(C)(NCc3ccc(OCCNc4cc(C(F)(F)F)nc5ccccc45)cc3)C(O)C(C)O2)Oc2ccc(cc2Cl)[C@H]1O. The molecule has 0 radical (unpaired) electrons. The van der Waals surface area contributed by atoms with Crippen molar-refractivity contribution in [2.75, 3.05) is 32.1 Å². The number of fused-ring (bicyclic) bond motifs is 16. The quantitative estimate of drug-likeness (QED) is 0.0421. The molecule has 1 aromatic heterocycles. The molecule has 18 atom stereocenters. The van der Waals surface area contributed by atoms with Crippen LogP contribution in [0.5, 0.6) is 51.7 Å². The van der Waals surface area contributed by atoms with Crippen LogP contribution >= 0.6 is 23.2 Å². The lowest BCUT2D eigenvalue weighted by molar-refractivity contribution is -0.334. The second kappa shape index (κ2) is 38.1. The molecular weight excluding hydrogens is 1700 g/mol. The molecule has 7 aliphatic heterocycles. The molecule has 8 heterocycles. The number of carboxylic acids is 1. The van der Waals surface area contributed by atoms with E-state index in [-0.39, 0.29) is 72.1 Å². The molecule has 15 rings (SSSR count). The van der Waals surface area contributed by atoms with Gasteiger partial charge in [0.1, 0.15) is 108 Å². The predicted molar refractivity (Wildman–Crippen MR) is 439 cm³/mol. The second-order valence-electron chi connectivity index (χ2n) is 31.5. The van der Waals surface area contributed by atoms with Gasteiger partial charge in [0.2, 0.25) is 53.4 Å². The number of hydrogen-bond donors (Lipinski definition) is 20. The highest BCUT2D eigenvalue weighted by atomic mass is 35.5. The van der Waals surface area contributed by atoms with Gasteiger partial charge in [0.15, 0.2) is 29.9 Å². The van der Waals surface area contributed by atoms with Gasteiger partial charge < -0.3 is 138 Å². The number of nitrogens with zero attached hydrogens (tertiary/aromatic N) is 1. The molecule has 2 fully saturated rings. The lowest BCUT2D eigenvalue weighted by atomic mass is 9.84. The maximum Gasteiger partial charge on any atom is 0.433 e. The standard InChI is InChI=1S/C85H90Cl2F3N11O25/c1-35(2)22-51(92-5)76(112)100-67-69(107)39-13-18-55(47(86)24-39)122-57-26-41-27-58(73(57)126-83-74(72(110)71(109)59(34-102)124-83)125-62-32-84(4,75(111)36(3)121-62)94-33-37-10-15-43(16-11-37)120-21-20-93-50-30-60(85(88,89)90)95-49-9-7-6-8-44(49)50)123-56-19-14-40(25-48(56)87)70(108)68-81(117)99-66(82(118)119)46-28-42(103)29-54(105)63(46)45-23-38(12-17-53(45)104)64(78(114)101-68)98-79(115)65(41)97-77(113)52(31-61(91)106)96-80(67)116/h6-19,23-30,35-36,51-52,59,62,64-72,74-75,83,92,94,102-105,107-111H,20-22,31-34H2,1-5H3,(H2,91,106)(H,93,95)(H,96,116)(H,97,113)(H,98,115)(H,99,117)(H,100,112)(H,101,114)(H,118,119)/t36?,51-,52+,59?,62?,64-,65-,66?,67-,68+,69-,70-,71?,72?,74?,75?,83?,84?/m1/s1. The Kier molecular flexibility index (Phi) is 27.7. The van der Waals surface area contributed by atoms with Crippen LogP contribution in [-0.4, -0.2) is 209 Å². The number of hydrogen-bond acceptors (Lipinski definition) is 28. The van der Waals surface area contributed by atoms with Crippen LogP contribution in [0.2, 0.25) is 10.0 Å². The molecular formula is C85H90Cl2F3N11O25. The fraction of sp³-hybridized carbons (Fsp3) is 0.376. The number of aliphatic hydroxyl groups is 6. The maximum atomic E-state index is 16.2. The number of benzene rings is 7. The molecule has 670 valence electrons. The zero-order valence-corrected chi connectivity index (χ0v) is 69.1. The molecule has 21 N–H and O–H groups in total. The summed E-state index contributed by atoms with van der Waals surface area (Å²) >= 11 is 14.3. The first-order valence-corrected chi connectivity index (χ1v) is 40.4. The van der Waals surface area contributed by atoms with Crippen molar-refractivity contribution in [3.05, 3.63) is 183 Å². The molecule has 0 saturated carbocycles.